The lowest BCUT2D eigenvalue weighted by Crippen LogP contribution is -2.70. The fourth-order valence-electron chi connectivity index (χ4n) is 3.24. The summed E-state index contributed by atoms with van der Waals surface area (Å²) in [4.78, 5) is 12.4. The minimum Gasteiger partial charge on any atom is -0.395 e. The van der Waals surface area contributed by atoms with Gasteiger partial charge in [-0.3, -0.25) is 10.1 Å². The number of carbonyl (C=O) groups excluding carboxylic acids is 1. The molecule has 0 spiro atoms. The predicted octanol–water partition coefficient (Wildman–Crippen LogP) is -1.27. The summed E-state index contributed by atoms with van der Waals surface area (Å²) < 4.78 is 0. The second kappa shape index (κ2) is 6.80. The molecule has 130 valence electrons. The van der Waals surface area contributed by atoms with E-state index >= 15 is 0 Å². The minimum atomic E-state index is -1.49. The average Bonchev–Trinajstić information content (AvgIpc) is 2.32. The van der Waals surface area contributed by atoms with Crippen molar-refractivity contribution in [3.8, 4) is 0 Å². The lowest BCUT2D eigenvalue weighted by molar-refractivity contribution is -0.146. The first-order chi connectivity index (χ1) is 9.88. The van der Waals surface area contributed by atoms with Crippen LogP contribution in [0.2, 0.25) is 0 Å². The molecule has 5 atom stereocenters. The van der Waals surface area contributed by atoms with Crippen LogP contribution in [0.3, 0.4) is 0 Å². The van der Waals surface area contributed by atoms with Crippen LogP contribution in [0.15, 0.2) is 0 Å². The zero-order valence-corrected chi connectivity index (χ0v) is 14.0. The molecule has 1 aliphatic rings. The van der Waals surface area contributed by atoms with Gasteiger partial charge in [-0.25, -0.2) is 0 Å². The van der Waals surface area contributed by atoms with E-state index in [1.165, 1.54) is 0 Å². The normalized spacial score (nSPS) is 33.6. The van der Waals surface area contributed by atoms with Crippen molar-refractivity contribution < 1.29 is 25.2 Å². The molecule has 0 aromatic rings. The molecule has 0 saturated carbocycles. The van der Waals surface area contributed by atoms with Crippen LogP contribution < -0.4 is 10.6 Å². The highest BCUT2D eigenvalue weighted by Crippen LogP contribution is 2.27. The first-order valence-electron chi connectivity index (χ1n) is 7.61. The second-order valence-corrected chi connectivity index (χ2v) is 8.02. The van der Waals surface area contributed by atoms with Crippen molar-refractivity contribution in [2.24, 2.45) is 5.41 Å². The Hall–Kier alpha value is -0.730. The number of hydrogen-bond donors (Lipinski definition) is 6. The van der Waals surface area contributed by atoms with E-state index in [4.69, 9.17) is 0 Å². The van der Waals surface area contributed by atoms with Gasteiger partial charge in [-0.05, 0) is 25.7 Å². The Morgan fingerprint density at radius 2 is 1.59 bits per heavy atom. The topological polar surface area (TPSA) is 122 Å². The number of piperidine rings is 1. The Bertz CT molecular complexity index is 392. The molecule has 1 heterocycles. The maximum Gasteiger partial charge on any atom is 0.240 e. The molecule has 0 aromatic carbocycles. The standard InChI is InChI=1S/C15H30N2O5/c1-14(2,3)7-15(4,5)17-13(22)9-11(20)12(21)10(19)8(6-18)16-9/h8-12,16,18-21H,6-7H2,1-5H3,(H,17,22)/t8-,9+,10+,11-,12-/m0/s1. The van der Waals surface area contributed by atoms with E-state index in [0.717, 1.165) is 6.42 Å². The lowest BCUT2D eigenvalue weighted by Gasteiger charge is -2.42. The fraction of sp³-hybridized carbons (Fsp3) is 0.933. The molecule has 1 amide bonds. The maximum absolute atomic E-state index is 12.4. The van der Waals surface area contributed by atoms with E-state index in [1.807, 2.05) is 13.8 Å². The second-order valence-electron chi connectivity index (χ2n) is 8.02. The molecule has 7 nitrogen and oxygen atoms in total. The third-order valence-electron chi connectivity index (χ3n) is 3.76. The van der Waals surface area contributed by atoms with Gasteiger partial charge in [-0.15, -0.1) is 0 Å². The van der Waals surface area contributed by atoms with Crippen molar-refractivity contribution in [3.05, 3.63) is 0 Å². The van der Waals surface area contributed by atoms with Crippen molar-refractivity contribution in [3.63, 3.8) is 0 Å². The third-order valence-corrected chi connectivity index (χ3v) is 3.76. The van der Waals surface area contributed by atoms with Gasteiger partial charge in [0.1, 0.15) is 24.4 Å². The van der Waals surface area contributed by atoms with Crippen molar-refractivity contribution in [2.45, 2.75) is 77.0 Å². The summed E-state index contributed by atoms with van der Waals surface area (Å²) in [5.74, 6) is -0.467. The summed E-state index contributed by atoms with van der Waals surface area (Å²) in [6, 6.07) is -1.95. The lowest BCUT2D eigenvalue weighted by atomic mass is 9.81. The predicted molar refractivity (Wildman–Crippen MR) is 82.1 cm³/mol. The van der Waals surface area contributed by atoms with Crippen molar-refractivity contribution in [1.82, 2.24) is 10.6 Å². The maximum atomic E-state index is 12.4. The van der Waals surface area contributed by atoms with Crippen LogP contribution >= 0.6 is 0 Å². The first kappa shape index (κ1) is 19.3. The summed E-state index contributed by atoms with van der Waals surface area (Å²) in [7, 11) is 0. The van der Waals surface area contributed by atoms with Crippen molar-refractivity contribution >= 4 is 5.91 Å². The third kappa shape index (κ3) is 4.89. The Balaban J connectivity index is 2.79. The summed E-state index contributed by atoms with van der Waals surface area (Å²) in [5.41, 5.74) is -0.481. The molecular formula is C15H30N2O5. The largest absolute Gasteiger partial charge is 0.395 e. The van der Waals surface area contributed by atoms with Gasteiger partial charge in [0.25, 0.3) is 0 Å². The van der Waals surface area contributed by atoms with E-state index in [2.05, 4.69) is 31.4 Å². The summed E-state index contributed by atoms with van der Waals surface area (Å²) in [5, 5.41) is 44.3. The van der Waals surface area contributed by atoms with Crippen LogP contribution in [-0.2, 0) is 4.79 Å². The van der Waals surface area contributed by atoms with Crippen LogP contribution in [0.4, 0.5) is 0 Å². The zero-order valence-electron chi connectivity index (χ0n) is 14.0. The molecule has 0 unspecified atom stereocenters. The van der Waals surface area contributed by atoms with Crippen LogP contribution in [0.1, 0.15) is 41.0 Å². The molecule has 22 heavy (non-hydrogen) atoms. The number of rotatable bonds is 4. The van der Waals surface area contributed by atoms with Gasteiger partial charge in [0, 0.05) is 5.54 Å². The van der Waals surface area contributed by atoms with E-state index in [0.29, 0.717) is 0 Å². The van der Waals surface area contributed by atoms with Crippen LogP contribution in [0.5, 0.6) is 0 Å². The Kier molecular flexibility index (Phi) is 5.97. The van der Waals surface area contributed by atoms with Gasteiger partial charge in [-0.2, -0.15) is 0 Å². The minimum absolute atomic E-state index is 0.0126. The van der Waals surface area contributed by atoms with E-state index in [9.17, 15) is 25.2 Å². The number of amides is 1. The number of aliphatic hydroxyl groups excluding tert-OH is 4. The number of aliphatic hydroxyl groups is 4. The molecule has 1 fully saturated rings. The molecule has 1 aliphatic heterocycles. The van der Waals surface area contributed by atoms with E-state index in [1.54, 1.807) is 0 Å². The van der Waals surface area contributed by atoms with Gasteiger partial charge >= 0.3 is 0 Å². The van der Waals surface area contributed by atoms with E-state index in [-0.39, 0.29) is 5.41 Å². The number of hydrogen-bond acceptors (Lipinski definition) is 6. The Morgan fingerprint density at radius 3 is 2.05 bits per heavy atom. The molecule has 7 heteroatoms. The molecule has 0 radical (unpaired) electrons. The van der Waals surface area contributed by atoms with Gasteiger partial charge < -0.3 is 25.7 Å². The highest BCUT2D eigenvalue weighted by atomic mass is 16.4. The molecule has 0 aromatic heterocycles. The molecular weight excluding hydrogens is 288 g/mol. The first-order valence-corrected chi connectivity index (χ1v) is 7.61. The van der Waals surface area contributed by atoms with E-state index < -0.39 is 48.4 Å². The highest BCUT2D eigenvalue weighted by Gasteiger charge is 2.45. The van der Waals surface area contributed by atoms with Crippen LogP contribution in [0.25, 0.3) is 0 Å². The fourth-order valence-corrected chi connectivity index (χ4v) is 3.24. The molecule has 6 N–H and O–H groups in total. The summed E-state index contributed by atoms with van der Waals surface area (Å²) in [6.07, 6.45) is -3.53. The summed E-state index contributed by atoms with van der Waals surface area (Å²) in [6.45, 7) is 9.53. The average molecular weight is 318 g/mol. The van der Waals surface area contributed by atoms with Gasteiger partial charge in [0.2, 0.25) is 5.91 Å². The quantitative estimate of drug-likeness (QED) is 0.384. The highest BCUT2D eigenvalue weighted by molar-refractivity contribution is 5.83. The molecule has 1 saturated heterocycles. The summed E-state index contributed by atoms with van der Waals surface area (Å²) >= 11 is 0. The smallest absolute Gasteiger partial charge is 0.240 e. The number of nitrogens with one attached hydrogen (secondary N) is 2. The number of carbonyl (C=O) groups is 1. The van der Waals surface area contributed by atoms with Gasteiger partial charge in [0.05, 0.1) is 12.6 Å². The molecule has 0 bridgehead atoms. The Labute approximate surface area is 131 Å². The van der Waals surface area contributed by atoms with Crippen LogP contribution in [0, 0.1) is 5.41 Å². The van der Waals surface area contributed by atoms with Crippen molar-refractivity contribution in [1.29, 1.82) is 0 Å². The van der Waals surface area contributed by atoms with Gasteiger partial charge in [0.15, 0.2) is 0 Å². The zero-order chi connectivity index (χ0) is 17.3. The molecule has 1 rings (SSSR count). The monoisotopic (exact) mass is 318 g/mol. The van der Waals surface area contributed by atoms with Gasteiger partial charge in [-0.1, -0.05) is 20.8 Å². The van der Waals surface area contributed by atoms with Crippen LogP contribution in [-0.4, -0.2) is 68.9 Å². The molecule has 0 aliphatic carbocycles. The van der Waals surface area contributed by atoms with Crippen molar-refractivity contribution in [2.75, 3.05) is 6.61 Å². The SMILES string of the molecule is CC(C)(C)CC(C)(C)NC(=O)[C@@H]1N[C@@H](CO)[C@@H](O)[C@H](O)[C@H]1O. The Morgan fingerprint density at radius 1 is 1.05 bits per heavy atom.